The second kappa shape index (κ2) is 7.14. The van der Waals surface area contributed by atoms with Gasteiger partial charge in [0.15, 0.2) is 5.78 Å². The van der Waals surface area contributed by atoms with Crippen LogP contribution >= 0.6 is 0 Å². The van der Waals surface area contributed by atoms with Gasteiger partial charge < -0.3 is 14.6 Å². The number of fused-ring (bicyclic) bond motifs is 1. The summed E-state index contributed by atoms with van der Waals surface area (Å²) in [5.74, 6) is 0.463. The number of nitrogens with one attached hydrogen (secondary N) is 1. The Hall–Kier alpha value is -3.39. The molecule has 0 saturated carbocycles. The zero-order valence-corrected chi connectivity index (χ0v) is 16.6. The minimum absolute atomic E-state index is 0.139. The number of hydrogen-bond acceptors (Lipinski definition) is 7. The van der Waals surface area contributed by atoms with E-state index in [1.54, 1.807) is 0 Å². The Balaban J connectivity index is 1.48. The van der Waals surface area contributed by atoms with Crippen molar-refractivity contribution in [2.45, 2.75) is 19.9 Å². The van der Waals surface area contributed by atoms with Crippen LogP contribution in [-0.4, -0.2) is 39.9 Å². The molecule has 8 heteroatoms. The number of anilines is 1. The van der Waals surface area contributed by atoms with Crippen LogP contribution in [0, 0.1) is 25.6 Å². The van der Waals surface area contributed by atoms with Crippen LogP contribution < -0.4 is 10.2 Å². The highest BCUT2D eigenvalue weighted by Crippen LogP contribution is 2.34. The Kier molecular flexibility index (Phi) is 4.43. The summed E-state index contributed by atoms with van der Waals surface area (Å²) >= 11 is 0. The molecule has 2 unspecified atom stereocenters. The third-order valence-electron chi connectivity index (χ3n) is 5.49. The lowest BCUT2D eigenvalue weighted by Gasteiger charge is -2.17. The number of carbonyl (C=O) groups is 1. The predicted molar refractivity (Wildman–Crippen MR) is 108 cm³/mol. The van der Waals surface area contributed by atoms with E-state index in [1.165, 1.54) is 30.7 Å². The van der Waals surface area contributed by atoms with E-state index in [0.717, 1.165) is 17.0 Å². The van der Waals surface area contributed by atoms with Crippen molar-refractivity contribution in [1.29, 1.82) is 0 Å². The van der Waals surface area contributed by atoms with Crippen molar-refractivity contribution >= 4 is 11.7 Å². The summed E-state index contributed by atoms with van der Waals surface area (Å²) in [5, 5.41) is 3.31. The molecule has 1 N–H and O–H groups in total. The van der Waals surface area contributed by atoms with E-state index in [4.69, 9.17) is 4.42 Å². The van der Waals surface area contributed by atoms with Gasteiger partial charge in [0.25, 0.3) is 0 Å². The van der Waals surface area contributed by atoms with Crippen molar-refractivity contribution in [3.63, 3.8) is 0 Å². The lowest BCUT2D eigenvalue weighted by atomic mass is 9.92. The fraction of sp³-hybridized carbons (Fsp3) is 0.273. The molecule has 0 bridgehead atoms. The maximum Gasteiger partial charge on any atom is 0.229 e. The first-order chi connectivity index (χ1) is 14.5. The highest BCUT2D eigenvalue weighted by molar-refractivity contribution is 6.07. The second-order valence-corrected chi connectivity index (χ2v) is 7.66. The van der Waals surface area contributed by atoms with E-state index in [-0.39, 0.29) is 17.6 Å². The molecule has 1 fully saturated rings. The molecule has 7 nitrogen and oxygen atoms in total. The first kappa shape index (κ1) is 18.6. The van der Waals surface area contributed by atoms with Crippen LogP contribution in [0.5, 0.6) is 0 Å². The summed E-state index contributed by atoms with van der Waals surface area (Å²) in [6.45, 7) is 5.27. The van der Waals surface area contributed by atoms with E-state index < -0.39 is 11.9 Å². The molecule has 30 heavy (non-hydrogen) atoms. The molecule has 3 aromatic rings. The molecular weight excluding hydrogens is 385 g/mol. The summed E-state index contributed by atoms with van der Waals surface area (Å²) in [4.78, 5) is 28.6. The van der Waals surface area contributed by atoms with Crippen LogP contribution in [0.25, 0.3) is 11.5 Å². The Labute approximate surface area is 172 Å². The number of oxazole rings is 1. The number of aryl methyl sites for hydroxylation is 2. The van der Waals surface area contributed by atoms with Crippen molar-refractivity contribution in [3.05, 3.63) is 71.3 Å². The lowest BCUT2D eigenvalue weighted by Crippen LogP contribution is -2.33. The summed E-state index contributed by atoms with van der Waals surface area (Å²) in [6.07, 6.45) is 4.84. The summed E-state index contributed by atoms with van der Waals surface area (Å²) in [7, 11) is 0. The molecule has 5 rings (SSSR count). The predicted octanol–water partition coefficient (Wildman–Crippen LogP) is 3.06. The van der Waals surface area contributed by atoms with Crippen molar-refractivity contribution in [2.24, 2.45) is 5.92 Å². The number of aromatic nitrogens is 3. The minimum atomic E-state index is -0.495. The smallest absolute Gasteiger partial charge is 0.229 e. The van der Waals surface area contributed by atoms with Gasteiger partial charge in [0, 0.05) is 42.2 Å². The maximum atomic E-state index is 13.9. The fourth-order valence-corrected chi connectivity index (χ4v) is 4.19. The van der Waals surface area contributed by atoms with E-state index in [9.17, 15) is 9.18 Å². The number of carbonyl (C=O) groups excluding carboxylic acids is 1. The van der Waals surface area contributed by atoms with Gasteiger partial charge in [0.1, 0.15) is 12.1 Å². The van der Waals surface area contributed by atoms with Crippen LogP contribution in [0.2, 0.25) is 0 Å². The molecule has 4 heterocycles. The fourth-order valence-electron chi connectivity index (χ4n) is 4.19. The van der Waals surface area contributed by atoms with Crippen molar-refractivity contribution in [3.8, 4) is 11.5 Å². The van der Waals surface area contributed by atoms with Crippen molar-refractivity contribution in [2.75, 3.05) is 18.0 Å². The average Bonchev–Trinajstić information content (AvgIpc) is 3.43. The summed E-state index contributed by atoms with van der Waals surface area (Å²) < 4.78 is 19.2. The Morgan fingerprint density at radius 2 is 2.03 bits per heavy atom. The highest BCUT2D eigenvalue weighted by atomic mass is 19.1. The summed E-state index contributed by atoms with van der Waals surface area (Å²) in [5.41, 5.74) is 3.52. The molecule has 152 valence electrons. The van der Waals surface area contributed by atoms with Crippen LogP contribution in [0.1, 0.15) is 21.7 Å². The van der Waals surface area contributed by atoms with Crippen LogP contribution in [-0.2, 0) is 0 Å². The number of ketones is 1. The van der Waals surface area contributed by atoms with E-state index >= 15 is 0 Å². The van der Waals surface area contributed by atoms with Gasteiger partial charge in [-0.25, -0.2) is 19.3 Å². The minimum Gasteiger partial charge on any atom is -0.445 e. The van der Waals surface area contributed by atoms with Crippen LogP contribution in [0.15, 0.2) is 52.9 Å². The van der Waals surface area contributed by atoms with Gasteiger partial charge in [-0.2, -0.15) is 0 Å². The standard InChI is InChI=1S/C22H20FN5O2/c1-12-7-13(2)27-22(26-12)28-10-14-9-25-19(18(14)11-28)20(29)16-4-3-15(23)8-17(16)21-24-5-6-30-21/h3-8,11,14,19,25H,9-10H2,1-2H3. The Morgan fingerprint density at radius 1 is 1.23 bits per heavy atom. The van der Waals surface area contributed by atoms with Gasteiger partial charge >= 0.3 is 0 Å². The molecule has 0 spiro atoms. The first-order valence-corrected chi connectivity index (χ1v) is 9.77. The van der Waals surface area contributed by atoms with Crippen LogP contribution in [0.4, 0.5) is 10.3 Å². The first-order valence-electron chi connectivity index (χ1n) is 9.77. The molecule has 1 aromatic carbocycles. The number of halogens is 1. The van der Waals surface area contributed by atoms with Crippen LogP contribution in [0.3, 0.4) is 0 Å². The number of nitrogens with zero attached hydrogens (tertiary/aromatic N) is 4. The molecule has 2 aliphatic rings. The molecule has 0 aliphatic carbocycles. The molecule has 0 radical (unpaired) electrons. The van der Waals surface area contributed by atoms with E-state index in [1.807, 2.05) is 31.0 Å². The SMILES string of the molecule is Cc1cc(C)nc(N2C=C3C(CNC3C(=O)c3ccc(F)cc3-c3ncco3)C2)n1. The zero-order chi connectivity index (χ0) is 20.8. The van der Waals surface area contributed by atoms with Gasteiger partial charge in [-0.15, -0.1) is 0 Å². The van der Waals surface area contributed by atoms with Crippen molar-refractivity contribution in [1.82, 2.24) is 20.3 Å². The molecule has 2 aromatic heterocycles. The van der Waals surface area contributed by atoms with Gasteiger partial charge in [-0.3, -0.25) is 4.79 Å². The number of hydrogen-bond donors (Lipinski definition) is 1. The topological polar surface area (TPSA) is 84.2 Å². The van der Waals surface area contributed by atoms with E-state index in [2.05, 4.69) is 20.3 Å². The lowest BCUT2D eigenvalue weighted by molar-refractivity contribution is 0.0966. The summed E-state index contributed by atoms with van der Waals surface area (Å²) in [6, 6.07) is 5.49. The largest absolute Gasteiger partial charge is 0.445 e. The third-order valence-corrected chi connectivity index (χ3v) is 5.49. The third kappa shape index (κ3) is 3.19. The molecule has 1 saturated heterocycles. The normalized spacial score (nSPS) is 20.4. The molecule has 0 amide bonds. The molecular formula is C22H20FN5O2. The number of benzene rings is 1. The van der Waals surface area contributed by atoms with Gasteiger partial charge in [0.05, 0.1) is 17.8 Å². The molecule has 2 atom stereocenters. The number of Topliss-reactive ketones (excluding diaryl/α,β-unsaturated/α-hetero) is 1. The van der Waals surface area contributed by atoms with Gasteiger partial charge in [-0.05, 0) is 43.7 Å². The Bertz CT molecular complexity index is 1140. The Morgan fingerprint density at radius 3 is 2.77 bits per heavy atom. The van der Waals surface area contributed by atoms with Crippen molar-refractivity contribution < 1.29 is 13.6 Å². The van der Waals surface area contributed by atoms with Gasteiger partial charge in [0.2, 0.25) is 11.8 Å². The average molecular weight is 405 g/mol. The van der Waals surface area contributed by atoms with E-state index in [0.29, 0.717) is 30.2 Å². The second-order valence-electron chi connectivity index (χ2n) is 7.66. The molecule has 2 aliphatic heterocycles. The highest BCUT2D eigenvalue weighted by Gasteiger charge is 2.41. The monoisotopic (exact) mass is 405 g/mol. The quantitative estimate of drug-likeness (QED) is 0.668. The zero-order valence-electron chi connectivity index (χ0n) is 16.6. The number of rotatable bonds is 4. The van der Waals surface area contributed by atoms with Gasteiger partial charge in [-0.1, -0.05) is 0 Å². The maximum absolute atomic E-state index is 13.9.